The second-order valence-corrected chi connectivity index (χ2v) is 7.27. The molecule has 2 atom stereocenters. The molecule has 2 aromatic carbocycles. The summed E-state index contributed by atoms with van der Waals surface area (Å²) in [6.07, 6.45) is 0.494. The van der Waals surface area contributed by atoms with Crippen LogP contribution in [0.2, 0.25) is 0 Å². The lowest BCUT2D eigenvalue weighted by molar-refractivity contribution is -0.126. The second-order valence-electron chi connectivity index (χ2n) is 7.27. The summed E-state index contributed by atoms with van der Waals surface area (Å²) in [6.45, 7) is 0.862. The van der Waals surface area contributed by atoms with Gasteiger partial charge in [-0.05, 0) is 23.3 Å². The summed E-state index contributed by atoms with van der Waals surface area (Å²) in [4.78, 5) is 31.5. The number of carbonyl (C=O) groups excluding carboxylic acids is 2. The summed E-state index contributed by atoms with van der Waals surface area (Å²) in [5.74, 6) is -0.226. The van der Waals surface area contributed by atoms with E-state index in [0.717, 1.165) is 27.7 Å². The minimum Gasteiger partial charge on any atom is -0.383 e. The molecule has 6 heteroatoms. The van der Waals surface area contributed by atoms with Gasteiger partial charge in [-0.1, -0.05) is 36.4 Å². The number of methoxy groups -OCH3 is 1. The Labute approximate surface area is 162 Å². The van der Waals surface area contributed by atoms with Crippen molar-refractivity contribution < 1.29 is 14.3 Å². The van der Waals surface area contributed by atoms with E-state index in [-0.39, 0.29) is 17.9 Å². The number of nitrogens with one attached hydrogen (secondary N) is 2. The molecule has 2 aliphatic rings. The maximum atomic E-state index is 13.2. The first-order valence-corrected chi connectivity index (χ1v) is 9.48. The number of rotatable bonds is 4. The molecule has 0 fully saturated rings. The zero-order valence-electron chi connectivity index (χ0n) is 15.6. The summed E-state index contributed by atoms with van der Waals surface area (Å²) >= 11 is 0. The Hall–Kier alpha value is -3.12. The summed E-state index contributed by atoms with van der Waals surface area (Å²) in [5.41, 5.74) is 4.79. The molecule has 142 valence electrons. The fourth-order valence-electron chi connectivity index (χ4n) is 4.53. The van der Waals surface area contributed by atoms with Gasteiger partial charge >= 0.3 is 0 Å². The lowest BCUT2D eigenvalue weighted by atomic mass is 9.90. The standard InChI is InChI=1S/C22H21N3O3/c1-28-11-10-23-21(26)18-12-16-13-6-4-5-9-17(13)24-19(16)20-14-7-2-3-8-15(14)22(27)25(18)20/h2-9,18,20,24H,10-12H2,1H3,(H,23,26)/t18-,20+/m0/s1. The van der Waals surface area contributed by atoms with Crippen molar-refractivity contribution in [2.75, 3.05) is 20.3 Å². The van der Waals surface area contributed by atoms with Crippen LogP contribution in [-0.2, 0) is 16.0 Å². The molecule has 0 saturated heterocycles. The van der Waals surface area contributed by atoms with Gasteiger partial charge in [0.15, 0.2) is 0 Å². The van der Waals surface area contributed by atoms with Gasteiger partial charge in [0.25, 0.3) is 5.91 Å². The van der Waals surface area contributed by atoms with Crippen LogP contribution in [0.15, 0.2) is 48.5 Å². The molecule has 28 heavy (non-hydrogen) atoms. The molecule has 1 aromatic heterocycles. The Balaban J connectivity index is 1.65. The number of ether oxygens (including phenoxy) is 1. The Morgan fingerprint density at radius 1 is 1.21 bits per heavy atom. The van der Waals surface area contributed by atoms with E-state index in [0.29, 0.717) is 25.1 Å². The first-order chi connectivity index (χ1) is 13.7. The van der Waals surface area contributed by atoms with Gasteiger partial charge in [-0.3, -0.25) is 9.59 Å². The predicted octanol–water partition coefficient (Wildman–Crippen LogP) is 2.40. The average Bonchev–Trinajstić information content (AvgIpc) is 3.24. The van der Waals surface area contributed by atoms with E-state index in [1.807, 2.05) is 42.5 Å². The minimum absolute atomic E-state index is 0.0863. The maximum absolute atomic E-state index is 13.2. The predicted molar refractivity (Wildman–Crippen MR) is 105 cm³/mol. The fraction of sp³-hybridized carbons (Fsp3) is 0.273. The highest BCUT2D eigenvalue weighted by atomic mass is 16.5. The van der Waals surface area contributed by atoms with Crippen molar-refractivity contribution in [2.24, 2.45) is 0 Å². The molecule has 0 unspecified atom stereocenters. The molecular weight excluding hydrogens is 354 g/mol. The lowest BCUT2D eigenvalue weighted by Crippen LogP contribution is -2.52. The number of H-pyrrole nitrogens is 1. The van der Waals surface area contributed by atoms with Crippen molar-refractivity contribution in [1.82, 2.24) is 15.2 Å². The highest BCUT2D eigenvalue weighted by molar-refractivity contribution is 6.03. The summed E-state index contributed by atoms with van der Waals surface area (Å²) in [7, 11) is 1.60. The van der Waals surface area contributed by atoms with Crippen LogP contribution in [0.5, 0.6) is 0 Å². The van der Waals surface area contributed by atoms with Crippen LogP contribution in [0, 0.1) is 0 Å². The molecule has 2 aliphatic heterocycles. The molecule has 6 nitrogen and oxygen atoms in total. The van der Waals surface area contributed by atoms with Gasteiger partial charge in [-0.15, -0.1) is 0 Å². The van der Waals surface area contributed by atoms with Crippen molar-refractivity contribution in [1.29, 1.82) is 0 Å². The first-order valence-electron chi connectivity index (χ1n) is 9.48. The van der Waals surface area contributed by atoms with Crippen molar-refractivity contribution in [2.45, 2.75) is 18.5 Å². The number of nitrogens with zero attached hydrogens (tertiary/aromatic N) is 1. The number of fused-ring (bicyclic) bond motifs is 7. The molecule has 5 rings (SSSR count). The van der Waals surface area contributed by atoms with E-state index >= 15 is 0 Å². The highest BCUT2D eigenvalue weighted by Crippen LogP contribution is 2.46. The monoisotopic (exact) mass is 375 g/mol. The van der Waals surface area contributed by atoms with Crippen molar-refractivity contribution in [3.8, 4) is 0 Å². The van der Waals surface area contributed by atoms with Crippen molar-refractivity contribution in [3.05, 3.63) is 70.9 Å². The maximum Gasteiger partial charge on any atom is 0.255 e. The van der Waals surface area contributed by atoms with Gasteiger partial charge < -0.3 is 19.9 Å². The second kappa shape index (κ2) is 6.49. The van der Waals surface area contributed by atoms with E-state index in [9.17, 15) is 9.59 Å². The number of hydrogen-bond acceptors (Lipinski definition) is 3. The number of hydrogen-bond donors (Lipinski definition) is 2. The van der Waals surface area contributed by atoms with Crippen molar-refractivity contribution >= 4 is 22.7 Å². The fourth-order valence-corrected chi connectivity index (χ4v) is 4.53. The zero-order chi connectivity index (χ0) is 19.3. The van der Waals surface area contributed by atoms with Crippen LogP contribution >= 0.6 is 0 Å². The van der Waals surface area contributed by atoms with E-state index in [2.05, 4.69) is 16.4 Å². The van der Waals surface area contributed by atoms with Crippen molar-refractivity contribution in [3.63, 3.8) is 0 Å². The molecule has 0 saturated carbocycles. The third kappa shape index (κ3) is 2.38. The number of aromatic amines is 1. The summed E-state index contributed by atoms with van der Waals surface area (Å²) in [5, 5.41) is 4.03. The average molecular weight is 375 g/mol. The zero-order valence-corrected chi connectivity index (χ0v) is 15.6. The summed E-state index contributed by atoms with van der Waals surface area (Å²) < 4.78 is 5.04. The smallest absolute Gasteiger partial charge is 0.255 e. The van der Waals surface area contributed by atoms with Crippen LogP contribution in [-0.4, -0.2) is 48.0 Å². The van der Waals surface area contributed by atoms with Gasteiger partial charge in [-0.2, -0.15) is 0 Å². The molecule has 2 N–H and O–H groups in total. The topological polar surface area (TPSA) is 74.4 Å². The van der Waals surface area contributed by atoms with Crippen LogP contribution in [0.25, 0.3) is 10.9 Å². The highest BCUT2D eigenvalue weighted by Gasteiger charge is 2.48. The number of aromatic nitrogens is 1. The van der Waals surface area contributed by atoms with Crippen LogP contribution in [0.4, 0.5) is 0 Å². The van der Waals surface area contributed by atoms with Crippen LogP contribution in [0.3, 0.4) is 0 Å². The molecule has 3 aromatic rings. The minimum atomic E-state index is -0.548. The van der Waals surface area contributed by atoms with Crippen LogP contribution in [0.1, 0.15) is 33.2 Å². The van der Waals surface area contributed by atoms with E-state index < -0.39 is 6.04 Å². The molecule has 0 bridgehead atoms. The van der Waals surface area contributed by atoms with Gasteiger partial charge in [0.05, 0.1) is 12.6 Å². The molecule has 0 spiro atoms. The third-order valence-electron chi connectivity index (χ3n) is 5.76. The third-order valence-corrected chi connectivity index (χ3v) is 5.76. The summed E-state index contributed by atoms with van der Waals surface area (Å²) in [6, 6.07) is 14.9. The van der Waals surface area contributed by atoms with E-state index in [1.54, 1.807) is 12.0 Å². The van der Waals surface area contributed by atoms with E-state index in [1.165, 1.54) is 0 Å². The number of amides is 2. The first kappa shape index (κ1) is 17.0. The molecule has 0 aliphatic carbocycles. The molecule has 0 radical (unpaired) electrons. The van der Waals surface area contributed by atoms with Gasteiger partial charge in [0.2, 0.25) is 5.91 Å². The molecule has 3 heterocycles. The van der Waals surface area contributed by atoms with Crippen LogP contribution < -0.4 is 5.32 Å². The molecular formula is C22H21N3O3. The number of benzene rings is 2. The van der Waals surface area contributed by atoms with Gasteiger partial charge in [0, 0.05) is 42.2 Å². The Morgan fingerprint density at radius 2 is 2.00 bits per heavy atom. The SMILES string of the molecule is COCCNC(=O)[C@@H]1Cc2c([nH]c3ccccc23)[C@H]2c3ccccc3C(=O)N21. The quantitative estimate of drug-likeness (QED) is 0.688. The number of para-hydroxylation sites is 1. The Bertz CT molecular complexity index is 1090. The lowest BCUT2D eigenvalue weighted by Gasteiger charge is -2.37. The van der Waals surface area contributed by atoms with Gasteiger partial charge in [-0.25, -0.2) is 0 Å². The Morgan fingerprint density at radius 3 is 2.86 bits per heavy atom. The molecule has 2 amide bonds. The Kier molecular flexibility index (Phi) is 3.94. The normalized spacial score (nSPS) is 20.0. The number of carbonyl (C=O) groups is 2. The van der Waals surface area contributed by atoms with Gasteiger partial charge in [0.1, 0.15) is 6.04 Å². The van der Waals surface area contributed by atoms with E-state index in [4.69, 9.17) is 4.74 Å². The largest absolute Gasteiger partial charge is 0.383 e.